The summed E-state index contributed by atoms with van der Waals surface area (Å²) in [4.78, 5) is 37.8. The minimum Gasteiger partial charge on any atom is -0.303 e. The van der Waals surface area contributed by atoms with Crippen LogP contribution in [0.25, 0.3) is 0 Å². The Morgan fingerprint density at radius 2 is 0.909 bits per heavy atom. The number of unbranched alkanes of at least 4 members (excludes halogenated alkanes) is 6. The molecule has 0 saturated carbocycles. The Morgan fingerprint density at radius 3 is 1.09 bits per heavy atom. The van der Waals surface area contributed by atoms with E-state index in [1.54, 1.807) is 0 Å². The largest absolute Gasteiger partial charge is 0.303 e. The predicted molar refractivity (Wildman–Crippen MR) is 93.1 cm³/mol. The van der Waals surface area contributed by atoms with Gasteiger partial charge in [0.05, 0.1) is 0 Å². The predicted octanol–water partition coefficient (Wildman–Crippen LogP) is 4.72. The quantitative estimate of drug-likeness (QED) is 0.432. The summed E-state index contributed by atoms with van der Waals surface area (Å²) in [6, 6.07) is 0. The Kier molecular flexibility index (Phi) is 55.9. The molecular formula is C18H36O4. The van der Waals surface area contributed by atoms with Gasteiger partial charge in [-0.25, -0.2) is 0 Å². The lowest BCUT2D eigenvalue weighted by Crippen LogP contribution is -1.73. The van der Waals surface area contributed by atoms with Crippen molar-refractivity contribution in [2.75, 3.05) is 0 Å². The second-order valence-electron chi connectivity index (χ2n) is 4.50. The van der Waals surface area contributed by atoms with Crippen LogP contribution in [0.5, 0.6) is 0 Å². The van der Waals surface area contributed by atoms with Gasteiger partial charge in [0.25, 0.3) is 0 Å². The molecule has 0 aliphatic heterocycles. The highest BCUT2D eigenvalue weighted by Crippen LogP contribution is 1.94. The molecule has 4 nitrogen and oxygen atoms in total. The fourth-order valence-electron chi connectivity index (χ4n) is 0.883. The molecule has 22 heavy (non-hydrogen) atoms. The van der Waals surface area contributed by atoms with E-state index in [1.165, 1.54) is 12.8 Å². The molecule has 0 rings (SSSR count). The molecule has 0 N–H and O–H groups in total. The highest BCUT2D eigenvalue weighted by atomic mass is 16.1. The van der Waals surface area contributed by atoms with E-state index in [0.717, 1.165) is 63.7 Å². The van der Waals surface area contributed by atoms with Crippen molar-refractivity contribution in [1.29, 1.82) is 0 Å². The van der Waals surface area contributed by atoms with Gasteiger partial charge in [0.1, 0.15) is 25.1 Å². The van der Waals surface area contributed by atoms with Gasteiger partial charge in [-0.1, -0.05) is 47.0 Å². The van der Waals surface area contributed by atoms with E-state index in [2.05, 4.69) is 13.8 Å². The Morgan fingerprint density at radius 1 is 0.500 bits per heavy atom. The first kappa shape index (κ1) is 28.8. The molecule has 0 aliphatic carbocycles. The molecule has 0 heterocycles. The van der Waals surface area contributed by atoms with Gasteiger partial charge in [0.15, 0.2) is 0 Å². The van der Waals surface area contributed by atoms with Crippen molar-refractivity contribution in [1.82, 2.24) is 0 Å². The van der Waals surface area contributed by atoms with Crippen molar-refractivity contribution in [3.63, 3.8) is 0 Å². The molecule has 0 atom stereocenters. The van der Waals surface area contributed by atoms with Crippen LogP contribution in [-0.4, -0.2) is 25.1 Å². The van der Waals surface area contributed by atoms with E-state index < -0.39 is 0 Å². The summed E-state index contributed by atoms with van der Waals surface area (Å²) < 4.78 is 0. The van der Waals surface area contributed by atoms with Crippen molar-refractivity contribution < 1.29 is 19.2 Å². The molecule has 0 amide bonds. The number of aldehydes is 4. The van der Waals surface area contributed by atoms with Gasteiger partial charge in [-0.3, -0.25) is 0 Å². The summed E-state index contributed by atoms with van der Waals surface area (Å²) in [5, 5.41) is 0. The van der Waals surface area contributed by atoms with Crippen LogP contribution in [0.15, 0.2) is 0 Å². The summed E-state index contributed by atoms with van der Waals surface area (Å²) in [6.45, 7) is 8.00. The summed E-state index contributed by atoms with van der Waals surface area (Å²) in [6.07, 6.45) is 13.2. The van der Waals surface area contributed by atoms with Crippen molar-refractivity contribution in [3.8, 4) is 0 Å². The smallest absolute Gasteiger partial charge is 0.119 e. The Labute approximate surface area is 137 Å². The minimum atomic E-state index is 0.639. The normalized spacial score (nSPS) is 7.82. The first-order valence-electron chi connectivity index (χ1n) is 8.40. The highest BCUT2D eigenvalue weighted by molar-refractivity contribution is 5.49. The van der Waals surface area contributed by atoms with Gasteiger partial charge >= 0.3 is 0 Å². The first-order valence-corrected chi connectivity index (χ1v) is 8.40. The monoisotopic (exact) mass is 316 g/mol. The molecule has 0 bridgehead atoms. The van der Waals surface area contributed by atoms with Crippen molar-refractivity contribution in [2.45, 2.75) is 91.9 Å². The van der Waals surface area contributed by atoms with Crippen LogP contribution in [0.2, 0.25) is 0 Å². The average Bonchev–Trinajstić information content (AvgIpc) is 2.55. The minimum absolute atomic E-state index is 0.639. The maximum Gasteiger partial charge on any atom is 0.119 e. The van der Waals surface area contributed by atoms with Crippen molar-refractivity contribution in [2.24, 2.45) is 0 Å². The lowest BCUT2D eigenvalue weighted by Gasteiger charge is -1.85. The van der Waals surface area contributed by atoms with Crippen LogP contribution in [0.3, 0.4) is 0 Å². The van der Waals surface area contributed by atoms with Gasteiger partial charge in [0.2, 0.25) is 0 Å². The fraction of sp³-hybridized carbons (Fsp3) is 0.778. The Hall–Kier alpha value is -1.32. The van der Waals surface area contributed by atoms with E-state index in [1.807, 2.05) is 13.8 Å². The zero-order valence-electron chi connectivity index (χ0n) is 15.0. The first-order chi connectivity index (χ1) is 10.7. The highest BCUT2D eigenvalue weighted by Gasteiger charge is 1.80. The standard InChI is InChI=1S/C6H12O.C5H10O.C4H8O.C3H6O/c1-2-3-4-5-6-7;1-2-3-4-5-6;1-2-3-4-5;1-2-3-4/h6H,2-5H2,1H3;5H,2-4H2,1H3;4H,2-3H2,1H3;3H,2H2,1H3. The van der Waals surface area contributed by atoms with Crippen LogP contribution >= 0.6 is 0 Å². The molecule has 0 fully saturated rings. The second kappa shape index (κ2) is 42.7. The number of carbonyl (C=O) groups excluding carboxylic acids is 4. The van der Waals surface area contributed by atoms with Crippen LogP contribution in [0.4, 0.5) is 0 Å². The molecule has 0 aromatic heterocycles. The van der Waals surface area contributed by atoms with Crippen LogP contribution in [0.1, 0.15) is 91.9 Å². The van der Waals surface area contributed by atoms with Gasteiger partial charge in [-0.2, -0.15) is 0 Å². The molecule has 0 aromatic carbocycles. The Bertz CT molecular complexity index is 203. The summed E-state index contributed by atoms with van der Waals surface area (Å²) in [5.41, 5.74) is 0. The number of hydrogen-bond acceptors (Lipinski definition) is 4. The summed E-state index contributed by atoms with van der Waals surface area (Å²) >= 11 is 0. The molecule has 0 saturated heterocycles. The van der Waals surface area contributed by atoms with Gasteiger partial charge in [0, 0.05) is 25.7 Å². The van der Waals surface area contributed by atoms with Gasteiger partial charge < -0.3 is 19.2 Å². The van der Waals surface area contributed by atoms with E-state index >= 15 is 0 Å². The molecule has 4 heteroatoms. The van der Waals surface area contributed by atoms with Gasteiger partial charge in [-0.15, -0.1) is 0 Å². The molecule has 0 unspecified atom stereocenters. The third-order valence-electron chi connectivity index (χ3n) is 2.17. The second-order valence-corrected chi connectivity index (χ2v) is 4.50. The third kappa shape index (κ3) is 77.5. The summed E-state index contributed by atoms with van der Waals surface area (Å²) in [5.74, 6) is 0. The lowest BCUT2D eigenvalue weighted by molar-refractivity contribution is -0.108. The van der Waals surface area contributed by atoms with E-state index in [4.69, 9.17) is 0 Å². The third-order valence-corrected chi connectivity index (χ3v) is 2.17. The van der Waals surface area contributed by atoms with Crippen LogP contribution < -0.4 is 0 Å². The average molecular weight is 316 g/mol. The zero-order valence-corrected chi connectivity index (χ0v) is 15.0. The number of hydrogen-bond donors (Lipinski definition) is 0. The van der Waals surface area contributed by atoms with Crippen molar-refractivity contribution >= 4 is 25.1 Å². The topological polar surface area (TPSA) is 68.3 Å². The molecular weight excluding hydrogens is 280 g/mol. The molecule has 132 valence electrons. The SMILES string of the molecule is CCC=O.CCCC=O.CCCCC=O.CCCCCC=O. The van der Waals surface area contributed by atoms with Crippen molar-refractivity contribution in [3.05, 3.63) is 0 Å². The number of carbonyl (C=O) groups is 4. The van der Waals surface area contributed by atoms with E-state index in [-0.39, 0.29) is 0 Å². The molecule has 0 radical (unpaired) electrons. The van der Waals surface area contributed by atoms with Crippen LogP contribution in [0, 0.1) is 0 Å². The van der Waals surface area contributed by atoms with E-state index in [0.29, 0.717) is 12.8 Å². The maximum absolute atomic E-state index is 9.68. The van der Waals surface area contributed by atoms with E-state index in [9.17, 15) is 19.2 Å². The Balaban J connectivity index is -0.000000100. The van der Waals surface area contributed by atoms with Crippen LogP contribution in [-0.2, 0) is 19.2 Å². The zero-order chi connectivity index (χ0) is 17.9. The molecule has 0 spiro atoms. The molecule has 0 aromatic rings. The van der Waals surface area contributed by atoms with Gasteiger partial charge in [-0.05, 0) is 19.3 Å². The molecule has 0 aliphatic rings. The number of rotatable bonds is 10. The lowest BCUT2D eigenvalue weighted by atomic mass is 10.2. The fourth-order valence-corrected chi connectivity index (χ4v) is 0.883. The maximum atomic E-state index is 9.68. The summed E-state index contributed by atoms with van der Waals surface area (Å²) in [7, 11) is 0.